The van der Waals surface area contributed by atoms with Gasteiger partial charge >= 0.3 is 0 Å². The predicted octanol–water partition coefficient (Wildman–Crippen LogP) is 3.28. The van der Waals surface area contributed by atoms with Crippen LogP contribution in [0.25, 0.3) is 0 Å². The Morgan fingerprint density at radius 2 is 1.62 bits per heavy atom. The first-order chi connectivity index (χ1) is 7.90. The monoisotopic (exact) mass is 217 g/mol. The largest absolute Gasteiger partial charge is 0.303 e. The van der Waals surface area contributed by atoms with Crippen LogP contribution in [0.5, 0.6) is 0 Å². The van der Waals surface area contributed by atoms with Crippen molar-refractivity contribution in [2.45, 2.75) is 39.0 Å². The topological polar surface area (TPSA) is 3.24 Å². The highest BCUT2D eigenvalue weighted by Crippen LogP contribution is 2.15. The van der Waals surface area contributed by atoms with Crippen LogP contribution >= 0.6 is 0 Å². The second-order valence-corrected chi connectivity index (χ2v) is 4.82. The van der Waals surface area contributed by atoms with Crippen molar-refractivity contribution in [1.29, 1.82) is 0 Å². The van der Waals surface area contributed by atoms with E-state index in [9.17, 15) is 0 Å². The smallest absolute Gasteiger partial charge is 0.00221 e. The van der Waals surface area contributed by atoms with Crippen LogP contribution in [0, 0.1) is 0 Å². The van der Waals surface area contributed by atoms with E-state index < -0.39 is 0 Å². The van der Waals surface area contributed by atoms with E-state index in [2.05, 4.69) is 36.1 Å². The Labute approximate surface area is 99.5 Å². The van der Waals surface area contributed by atoms with Crippen molar-refractivity contribution in [3.05, 3.63) is 35.4 Å². The Balaban J connectivity index is 1.87. The van der Waals surface area contributed by atoms with Gasteiger partial charge in [0.1, 0.15) is 0 Å². The molecule has 0 aromatic heterocycles. The second-order valence-electron chi connectivity index (χ2n) is 4.82. The molecule has 0 spiro atoms. The zero-order valence-corrected chi connectivity index (χ0v) is 10.4. The molecule has 0 saturated carbocycles. The lowest BCUT2D eigenvalue weighted by Gasteiger charge is -2.19. The van der Waals surface area contributed by atoms with E-state index in [1.807, 2.05) is 0 Å². The average Bonchev–Trinajstić information content (AvgIpc) is 2.53. The van der Waals surface area contributed by atoms with Gasteiger partial charge < -0.3 is 4.90 Å². The fraction of sp³-hybridized carbons (Fsp3) is 0.600. The van der Waals surface area contributed by atoms with E-state index in [0.29, 0.717) is 0 Å². The summed E-state index contributed by atoms with van der Waals surface area (Å²) >= 11 is 0. The summed E-state index contributed by atoms with van der Waals surface area (Å²) in [6.07, 6.45) is 6.55. The maximum absolute atomic E-state index is 2.63. The van der Waals surface area contributed by atoms with Gasteiger partial charge in [-0.1, -0.05) is 44.0 Å². The molecule has 0 atom stereocenters. The Morgan fingerprint density at radius 1 is 1.00 bits per heavy atom. The normalized spacial score (nSPS) is 16.8. The average molecular weight is 217 g/mol. The third-order valence-corrected chi connectivity index (χ3v) is 3.59. The van der Waals surface area contributed by atoms with Crippen LogP contribution in [0.15, 0.2) is 24.3 Å². The first-order valence-electron chi connectivity index (χ1n) is 6.69. The fourth-order valence-electron chi connectivity index (χ4n) is 2.52. The Bertz CT molecular complexity index is 292. The van der Waals surface area contributed by atoms with E-state index in [1.165, 1.54) is 51.7 Å². The molecule has 1 heterocycles. The standard InChI is InChI=1S/C15H23N/c1-2-3-6-11-16-12-9-14-7-4-5-8-15(14)10-13-16/h4-5,7-8H,2-3,6,9-13H2,1H3. The summed E-state index contributed by atoms with van der Waals surface area (Å²) in [6, 6.07) is 8.94. The van der Waals surface area contributed by atoms with E-state index >= 15 is 0 Å². The maximum atomic E-state index is 2.63. The number of nitrogens with zero attached hydrogens (tertiary/aromatic N) is 1. The molecule has 0 fully saturated rings. The summed E-state index contributed by atoms with van der Waals surface area (Å²) in [5.74, 6) is 0. The lowest BCUT2D eigenvalue weighted by atomic mass is 10.0. The lowest BCUT2D eigenvalue weighted by molar-refractivity contribution is 0.281. The number of unbranched alkanes of at least 4 members (excludes halogenated alkanes) is 2. The molecule has 16 heavy (non-hydrogen) atoms. The molecule has 1 aliphatic heterocycles. The number of hydrogen-bond acceptors (Lipinski definition) is 1. The molecule has 0 N–H and O–H groups in total. The van der Waals surface area contributed by atoms with Crippen molar-refractivity contribution in [2.24, 2.45) is 0 Å². The van der Waals surface area contributed by atoms with Gasteiger partial charge in [-0.2, -0.15) is 0 Å². The van der Waals surface area contributed by atoms with Gasteiger partial charge in [0, 0.05) is 13.1 Å². The minimum atomic E-state index is 1.24. The van der Waals surface area contributed by atoms with E-state index in [4.69, 9.17) is 0 Å². The van der Waals surface area contributed by atoms with E-state index in [-0.39, 0.29) is 0 Å². The van der Waals surface area contributed by atoms with Gasteiger partial charge in [0.05, 0.1) is 0 Å². The summed E-state index contributed by atoms with van der Waals surface area (Å²) in [7, 11) is 0. The van der Waals surface area contributed by atoms with Crippen LogP contribution in [0.1, 0.15) is 37.3 Å². The molecular formula is C15H23N. The maximum Gasteiger partial charge on any atom is 0.00221 e. The van der Waals surface area contributed by atoms with Crippen molar-refractivity contribution >= 4 is 0 Å². The highest BCUT2D eigenvalue weighted by atomic mass is 15.1. The van der Waals surface area contributed by atoms with Crippen molar-refractivity contribution in [3.8, 4) is 0 Å². The van der Waals surface area contributed by atoms with Gasteiger partial charge in [0.15, 0.2) is 0 Å². The third kappa shape index (κ3) is 3.08. The minimum Gasteiger partial charge on any atom is -0.303 e. The van der Waals surface area contributed by atoms with Gasteiger partial charge in [-0.05, 0) is 36.9 Å². The molecule has 88 valence electrons. The predicted molar refractivity (Wildman–Crippen MR) is 69.8 cm³/mol. The van der Waals surface area contributed by atoms with Crippen LogP contribution in [-0.2, 0) is 12.8 Å². The Hall–Kier alpha value is -0.820. The molecule has 0 saturated heterocycles. The Morgan fingerprint density at radius 3 is 2.19 bits per heavy atom. The van der Waals surface area contributed by atoms with Crippen molar-refractivity contribution < 1.29 is 0 Å². The number of rotatable bonds is 4. The highest BCUT2D eigenvalue weighted by Gasteiger charge is 2.12. The van der Waals surface area contributed by atoms with Gasteiger partial charge in [-0.15, -0.1) is 0 Å². The fourth-order valence-corrected chi connectivity index (χ4v) is 2.52. The molecule has 2 rings (SSSR count). The number of benzene rings is 1. The highest BCUT2D eigenvalue weighted by molar-refractivity contribution is 5.28. The molecule has 1 aliphatic rings. The minimum absolute atomic E-state index is 1.24. The lowest BCUT2D eigenvalue weighted by Crippen LogP contribution is -2.27. The van der Waals surface area contributed by atoms with Crippen LogP contribution < -0.4 is 0 Å². The molecule has 0 unspecified atom stereocenters. The molecular weight excluding hydrogens is 194 g/mol. The molecule has 1 aromatic carbocycles. The first-order valence-corrected chi connectivity index (χ1v) is 6.69. The molecule has 0 amide bonds. The molecule has 1 aromatic rings. The molecule has 1 nitrogen and oxygen atoms in total. The quantitative estimate of drug-likeness (QED) is 0.700. The third-order valence-electron chi connectivity index (χ3n) is 3.59. The van der Waals surface area contributed by atoms with E-state index in [1.54, 1.807) is 11.1 Å². The van der Waals surface area contributed by atoms with Crippen molar-refractivity contribution in [2.75, 3.05) is 19.6 Å². The number of fused-ring (bicyclic) bond motifs is 1. The molecule has 0 aliphatic carbocycles. The van der Waals surface area contributed by atoms with Gasteiger partial charge in [0.2, 0.25) is 0 Å². The SMILES string of the molecule is CCCCCN1CCc2ccccc2CC1. The molecule has 0 radical (unpaired) electrons. The summed E-state index contributed by atoms with van der Waals surface area (Å²) in [6.45, 7) is 6.07. The molecule has 1 heteroatoms. The summed E-state index contributed by atoms with van der Waals surface area (Å²) in [4.78, 5) is 2.63. The number of hydrogen-bond donors (Lipinski definition) is 0. The summed E-state index contributed by atoms with van der Waals surface area (Å²) < 4.78 is 0. The van der Waals surface area contributed by atoms with Crippen LogP contribution in [0.2, 0.25) is 0 Å². The summed E-state index contributed by atoms with van der Waals surface area (Å²) in [5.41, 5.74) is 3.14. The zero-order valence-electron chi connectivity index (χ0n) is 10.4. The van der Waals surface area contributed by atoms with Gasteiger partial charge in [-0.3, -0.25) is 0 Å². The molecule has 0 bridgehead atoms. The van der Waals surface area contributed by atoms with Crippen LogP contribution in [0.3, 0.4) is 0 Å². The van der Waals surface area contributed by atoms with Crippen molar-refractivity contribution in [1.82, 2.24) is 4.90 Å². The zero-order chi connectivity index (χ0) is 11.2. The van der Waals surface area contributed by atoms with Gasteiger partial charge in [0.25, 0.3) is 0 Å². The van der Waals surface area contributed by atoms with Crippen LogP contribution in [0.4, 0.5) is 0 Å². The van der Waals surface area contributed by atoms with Gasteiger partial charge in [-0.25, -0.2) is 0 Å². The van der Waals surface area contributed by atoms with E-state index in [0.717, 1.165) is 0 Å². The summed E-state index contributed by atoms with van der Waals surface area (Å²) in [5, 5.41) is 0. The Kier molecular flexibility index (Phi) is 4.41. The second kappa shape index (κ2) is 6.05. The first kappa shape index (κ1) is 11.7. The van der Waals surface area contributed by atoms with Crippen LogP contribution in [-0.4, -0.2) is 24.5 Å². The van der Waals surface area contributed by atoms with Crippen molar-refractivity contribution in [3.63, 3.8) is 0 Å².